The topological polar surface area (TPSA) is 47.6 Å². The molecule has 0 aliphatic heterocycles. The number of hydrogen-bond donors (Lipinski definition) is 0. The van der Waals surface area contributed by atoms with Crippen molar-refractivity contribution >= 4 is 23.3 Å². The van der Waals surface area contributed by atoms with E-state index in [1.807, 2.05) is 109 Å². The number of nitrogens with zero attached hydrogens (tertiary/aromatic N) is 2. The van der Waals surface area contributed by atoms with E-state index in [0.29, 0.717) is 11.1 Å². The Labute approximate surface area is 177 Å². The Bertz CT molecular complexity index is 1070. The summed E-state index contributed by atoms with van der Waals surface area (Å²) in [4.78, 5) is 0. The van der Waals surface area contributed by atoms with Crippen LogP contribution < -0.4 is 0 Å². The molecule has 2 nitrogen and oxygen atoms in total. The molecule has 0 fully saturated rings. The Hall–Kier alpha value is -4.40. The summed E-state index contributed by atoms with van der Waals surface area (Å²) in [6.07, 6.45) is 11.3. The van der Waals surface area contributed by atoms with Gasteiger partial charge in [0.1, 0.15) is 0 Å². The van der Waals surface area contributed by atoms with E-state index in [1.165, 1.54) is 0 Å². The average molecular weight is 384 g/mol. The van der Waals surface area contributed by atoms with Crippen molar-refractivity contribution in [2.24, 2.45) is 0 Å². The van der Waals surface area contributed by atoms with Crippen molar-refractivity contribution in [3.8, 4) is 12.1 Å². The highest BCUT2D eigenvalue weighted by Crippen LogP contribution is 2.20. The largest absolute Gasteiger partial charge is 0.192 e. The molecule has 0 unspecified atom stereocenters. The summed E-state index contributed by atoms with van der Waals surface area (Å²) in [6, 6.07) is 31.8. The molecule has 0 saturated heterocycles. The smallest absolute Gasteiger partial charge is 0.0997 e. The Kier molecular flexibility index (Phi) is 7.33. The zero-order chi connectivity index (χ0) is 21.0. The Balaban J connectivity index is 1.75. The quantitative estimate of drug-likeness (QED) is 0.342. The monoisotopic (exact) mass is 384 g/mol. The second kappa shape index (κ2) is 10.8. The fourth-order valence-electron chi connectivity index (χ4n) is 2.86. The van der Waals surface area contributed by atoms with Crippen LogP contribution in [0.2, 0.25) is 0 Å². The first kappa shape index (κ1) is 20.3. The fraction of sp³-hybridized carbons (Fsp3) is 0. The minimum absolute atomic E-state index is 0.570. The molecule has 3 aromatic rings. The van der Waals surface area contributed by atoms with E-state index in [1.54, 1.807) is 12.2 Å². The van der Waals surface area contributed by atoms with Crippen LogP contribution in [-0.4, -0.2) is 0 Å². The van der Waals surface area contributed by atoms with Crippen LogP contribution in [-0.2, 0) is 0 Å². The Morgan fingerprint density at radius 2 is 0.900 bits per heavy atom. The Morgan fingerprint density at radius 1 is 0.533 bits per heavy atom. The molecule has 0 spiro atoms. The van der Waals surface area contributed by atoms with Gasteiger partial charge in [0.15, 0.2) is 0 Å². The molecule has 0 aliphatic rings. The van der Waals surface area contributed by atoms with Gasteiger partial charge in [-0.1, -0.05) is 109 Å². The molecule has 0 atom stereocenters. The van der Waals surface area contributed by atoms with Crippen LogP contribution in [0.5, 0.6) is 0 Å². The van der Waals surface area contributed by atoms with Gasteiger partial charge in [0.2, 0.25) is 0 Å². The van der Waals surface area contributed by atoms with Crippen molar-refractivity contribution in [2.45, 2.75) is 0 Å². The average Bonchev–Trinajstić information content (AvgIpc) is 2.81. The molecule has 0 saturated carbocycles. The van der Waals surface area contributed by atoms with E-state index < -0.39 is 0 Å². The number of nitriles is 2. The first-order valence-corrected chi connectivity index (χ1v) is 9.58. The van der Waals surface area contributed by atoms with Gasteiger partial charge in [-0.3, -0.25) is 0 Å². The first-order valence-electron chi connectivity index (χ1n) is 9.58. The summed E-state index contributed by atoms with van der Waals surface area (Å²) in [5.41, 5.74) is 4.93. The molecular formula is C28H20N2. The van der Waals surface area contributed by atoms with Crippen molar-refractivity contribution in [1.29, 1.82) is 10.5 Å². The summed E-state index contributed by atoms with van der Waals surface area (Å²) in [5, 5.41) is 19.0. The third kappa shape index (κ3) is 5.80. The van der Waals surface area contributed by atoms with E-state index in [2.05, 4.69) is 12.1 Å². The van der Waals surface area contributed by atoms with Gasteiger partial charge in [0.05, 0.1) is 23.3 Å². The Morgan fingerprint density at radius 3 is 1.23 bits per heavy atom. The maximum Gasteiger partial charge on any atom is 0.0997 e. The van der Waals surface area contributed by atoms with Crippen molar-refractivity contribution in [2.75, 3.05) is 0 Å². The van der Waals surface area contributed by atoms with Crippen LogP contribution in [0.15, 0.2) is 109 Å². The molecule has 0 bridgehead atoms. The standard InChI is InChI=1S/C28H20N2/c29-21-27(15-7-13-23-9-3-1-4-10-23)25-17-19-26(20-18-25)28(22-30)16-8-14-24-11-5-2-6-12-24/h1-20H/b13-7+,14-8+,27-15+,28-16+. The highest BCUT2D eigenvalue weighted by Gasteiger charge is 2.03. The van der Waals surface area contributed by atoms with Crippen molar-refractivity contribution in [3.05, 3.63) is 131 Å². The lowest BCUT2D eigenvalue weighted by atomic mass is 10.0. The summed E-state index contributed by atoms with van der Waals surface area (Å²) < 4.78 is 0. The van der Waals surface area contributed by atoms with Crippen molar-refractivity contribution < 1.29 is 0 Å². The highest BCUT2D eigenvalue weighted by molar-refractivity contribution is 5.82. The van der Waals surface area contributed by atoms with Crippen LogP contribution in [0.1, 0.15) is 22.3 Å². The van der Waals surface area contributed by atoms with E-state index in [4.69, 9.17) is 0 Å². The van der Waals surface area contributed by atoms with Gasteiger partial charge in [0.25, 0.3) is 0 Å². The zero-order valence-electron chi connectivity index (χ0n) is 16.4. The maximum atomic E-state index is 9.50. The van der Waals surface area contributed by atoms with Crippen LogP contribution in [0.4, 0.5) is 0 Å². The molecule has 3 aromatic carbocycles. The summed E-state index contributed by atoms with van der Waals surface area (Å²) in [7, 11) is 0. The normalized spacial score (nSPS) is 12.1. The molecule has 142 valence electrons. The molecule has 0 heterocycles. The van der Waals surface area contributed by atoms with Gasteiger partial charge in [-0.25, -0.2) is 0 Å². The third-order valence-electron chi connectivity index (χ3n) is 4.45. The van der Waals surface area contributed by atoms with Gasteiger partial charge in [0, 0.05) is 0 Å². The maximum absolute atomic E-state index is 9.50. The molecule has 0 N–H and O–H groups in total. The minimum atomic E-state index is 0.570. The molecular weight excluding hydrogens is 364 g/mol. The molecule has 0 aliphatic carbocycles. The lowest BCUT2D eigenvalue weighted by Crippen LogP contribution is -1.85. The van der Waals surface area contributed by atoms with Crippen molar-refractivity contribution in [1.82, 2.24) is 0 Å². The molecule has 2 heteroatoms. The third-order valence-corrected chi connectivity index (χ3v) is 4.45. The van der Waals surface area contributed by atoms with Gasteiger partial charge >= 0.3 is 0 Å². The van der Waals surface area contributed by atoms with E-state index in [0.717, 1.165) is 22.3 Å². The van der Waals surface area contributed by atoms with E-state index in [9.17, 15) is 10.5 Å². The predicted octanol–water partition coefficient (Wildman–Crippen LogP) is 6.93. The predicted molar refractivity (Wildman–Crippen MR) is 125 cm³/mol. The zero-order valence-corrected chi connectivity index (χ0v) is 16.4. The van der Waals surface area contributed by atoms with Crippen molar-refractivity contribution in [3.63, 3.8) is 0 Å². The second-order valence-electron chi connectivity index (χ2n) is 6.50. The molecule has 0 radical (unpaired) electrons. The second-order valence-corrected chi connectivity index (χ2v) is 6.50. The number of rotatable bonds is 6. The van der Waals surface area contributed by atoms with Crippen LogP contribution in [0.25, 0.3) is 23.3 Å². The SMILES string of the molecule is N#C/C(=C\C=C\c1ccccc1)c1ccc(/C(C#N)=C/C=C/c2ccccc2)cc1. The molecule has 30 heavy (non-hydrogen) atoms. The van der Waals surface area contributed by atoms with Crippen LogP contribution in [0.3, 0.4) is 0 Å². The number of allylic oxidation sites excluding steroid dienone is 6. The van der Waals surface area contributed by atoms with Crippen LogP contribution >= 0.6 is 0 Å². The van der Waals surface area contributed by atoms with Gasteiger partial charge in [-0.05, 0) is 34.4 Å². The van der Waals surface area contributed by atoms with Gasteiger partial charge < -0.3 is 0 Å². The van der Waals surface area contributed by atoms with Gasteiger partial charge in [-0.15, -0.1) is 0 Å². The fourth-order valence-corrected chi connectivity index (χ4v) is 2.86. The minimum Gasteiger partial charge on any atom is -0.192 e. The first-order chi connectivity index (χ1) is 14.8. The van der Waals surface area contributed by atoms with E-state index >= 15 is 0 Å². The lowest BCUT2D eigenvalue weighted by molar-refractivity contribution is 1.50. The highest BCUT2D eigenvalue weighted by atomic mass is 14.3. The summed E-state index contributed by atoms with van der Waals surface area (Å²) in [5.74, 6) is 0. The summed E-state index contributed by atoms with van der Waals surface area (Å²) >= 11 is 0. The molecule has 0 amide bonds. The van der Waals surface area contributed by atoms with Crippen LogP contribution in [0, 0.1) is 22.7 Å². The number of benzene rings is 3. The summed E-state index contributed by atoms with van der Waals surface area (Å²) in [6.45, 7) is 0. The lowest BCUT2D eigenvalue weighted by Gasteiger charge is -2.02. The number of hydrogen-bond acceptors (Lipinski definition) is 2. The molecule has 0 aromatic heterocycles. The van der Waals surface area contributed by atoms with E-state index in [-0.39, 0.29) is 0 Å². The molecule has 3 rings (SSSR count). The van der Waals surface area contributed by atoms with Gasteiger partial charge in [-0.2, -0.15) is 10.5 Å².